The smallest absolute Gasteiger partial charge is 0.266 e. The van der Waals surface area contributed by atoms with E-state index < -0.39 is 0 Å². The lowest BCUT2D eigenvalue weighted by molar-refractivity contribution is 0.773. The number of pyridine rings is 3. The van der Waals surface area contributed by atoms with Crippen LogP contribution >= 0.6 is 45.3 Å². The molecule has 0 bridgehead atoms. The molecule has 2 aromatic carbocycles. The predicted molar refractivity (Wildman–Crippen MR) is 256 cm³/mol. The van der Waals surface area contributed by atoms with E-state index in [1.54, 1.807) is 49.0 Å². The van der Waals surface area contributed by atoms with Crippen molar-refractivity contribution in [2.45, 2.75) is 13.8 Å². The van der Waals surface area contributed by atoms with Crippen molar-refractivity contribution >= 4 is 98.6 Å². The first-order valence-electron chi connectivity index (χ1n) is 19.4. The number of hydrogen-bond acceptors (Lipinski definition) is 13. The van der Waals surface area contributed by atoms with Gasteiger partial charge in [-0.3, -0.25) is 9.59 Å². The van der Waals surface area contributed by atoms with Crippen LogP contribution in [0.4, 0.5) is 0 Å². The van der Waals surface area contributed by atoms with Crippen LogP contribution < -0.4 is 11.1 Å². The van der Waals surface area contributed by atoms with Gasteiger partial charge in [0.1, 0.15) is 30.7 Å². The van der Waals surface area contributed by atoms with Crippen LogP contribution in [0.3, 0.4) is 0 Å². The van der Waals surface area contributed by atoms with Gasteiger partial charge in [-0.1, -0.05) is 78.9 Å². The number of aromatic nitrogens is 7. The lowest BCUT2D eigenvalue weighted by Crippen LogP contribution is -2.19. The SMILES string of the molecule is Cc1nc2c(sc3nc(-c4cccc(-c5cc(-c6ccccc6)c6c(n5)sc5c(=O)n(/N=C/c7cccs7)c(C)nc56)n4)cc(-c4ccccc4)c32)c(=O)n1/N=C/c1cccs1. The number of rotatable bonds is 8. The number of thiophene rings is 4. The fourth-order valence-electron chi connectivity index (χ4n) is 7.48. The Hall–Kier alpha value is -7.17. The van der Waals surface area contributed by atoms with E-state index in [4.69, 9.17) is 24.9 Å². The molecule has 0 unspecified atom stereocenters. The van der Waals surface area contributed by atoms with Crippen LogP contribution in [0.25, 0.3) is 85.9 Å². The summed E-state index contributed by atoms with van der Waals surface area (Å²) >= 11 is 5.69. The number of nitrogens with zero attached hydrogens (tertiary/aromatic N) is 9. The molecule has 9 heterocycles. The summed E-state index contributed by atoms with van der Waals surface area (Å²) < 4.78 is 3.64. The van der Waals surface area contributed by atoms with Crippen molar-refractivity contribution in [1.82, 2.24) is 34.3 Å². The first kappa shape index (κ1) is 37.8. The molecule has 15 heteroatoms. The number of benzene rings is 2. The molecule has 11 aromatic rings. The molecule has 0 amide bonds. The van der Waals surface area contributed by atoms with Crippen LogP contribution in [0.15, 0.2) is 146 Å². The molecule has 9 aromatic heterocycles. The van der Waals surface area contributed by atoms with E-state index in [9.17, 15) is 9.59 Å². The summed E-state index contributed by atoms with van der Waals surface area (Å²) in [5.41, 5.74) is 6.89. The van der Waals surface area contributed by atoms with E-state index in [1.807, 2.05) is 126 Å². The molecule has 62 heavy (non-hydrogen) atoms. The quantitative estimate of drug-likeness (QED) is 0.139. The van der Waals surface area contributed by atoms with E-state index in [2.05, 4.69) is 10.2 Å². The molecule has 0 aliphatic rings. The van der Waals surface area contributed by atoms with Crippen LogP contribution in [-0.2, 0) is 0 Å². The lowest BCUT2D eigenvalue weighted by Gasteiger charge is -2.11. The number of fused-ring (bicyclic) bond motifs is 6. The largest absolute Gasteiger partial charge is 0.292 e. The molecule has 11 nitrogen and oxygen atoms in total. The fraction of sp³-hybridized carbons (Fsp3) is 0.0426. The molecular formula is C47H29N9O2S4. The highest BCUT2D eigenvalue weighted by molar-refractivity contribution is 7.25. The average Bonchev–Trinajstić information content (AvgIpc) is 4.14. The summed E-state index contributed by atoms with van der Waals surface area (Å²) in [6.07, 6.45) is 3.36. The third-order valence-corrected chi connectivity index (χ3v) is 14.1. The van der Waals surface area contributed by atoms with Gasteiger partial charge in [-0.05, 0) is 83.3 Å². The monoisotopic (exact) mass is 879 g/mol. The molecule has 0 saturated heterocycles. The van der Waals surface area contributed by atoms with Crippen molar-refractivity contribution in [1.29, 1.82) is 0 Å². The Morgan fingerprint density at radius 2 is 0.952 bits per heavy atom. The van der Waals surface area contributed by atoms with E-state index in [0.717, 1.165) is 42.8 Å². The van der Waals surface area contributed by atoms with E-state index in [0.29, 0.717) is 64.5 Å². The highest BCUT2D eigenvalue weighted by Crippen LogP contribution is 2.41. The third kappa shape index (κ3) is 6.58. The zero-order chi connectivity index (χ0) is 41.9. The Bertz CT molecular complexity index is 3460. The Labute approximate surface area is 368 Å². The average molecular weight is 880 g/mol. The zero-order valence-corrected chi connectivity index (χ0v) is 36.0. The third-order valence-electron chi connectivity index (χ3n) is 10.3. The van der Waals surface area contributed by atoms with Crippen molar-refractivity contribution in [3.05, 3.63) is 168 Å². The van der Waals surface area contributed by atoms with Gasteiger partial charge >= 0.3 is 0 Å². The molecular weight excluding hydrogens is 851 g/mol. The zero-order valence-electron chi connectivity index (χ0n) is 32.8. The molecule has 0 fully saturated rings. The minimum absolute atomic E-state index is 0.253. The summed E-state index contributed by atoms with van der Waals surface area (Å²) in [6.45, 7) is 3.58. The first-order valence-corrected chi connectivity index (χ1v) is 22.8. The predicted octanol–water partition coefficient (Wildman–Crippen LogP) is 10.9. The van der Waals surface area contributed by atoms with Gasteiger partial charge in [0, 0.05) is 20.5 Å². The van der Waals surface area contributed by atoms with Gasteiger partial charge in [0.15, 0.2) is 0 Å². The van der Waals surface area contributed by atoms with Gasteiger partial charge < -0.3 is 0 Å². The van der Waals surface area contributed by atoms with Crippen molar-refractivity contribution in [3.8, 4) is 45.0 Å². The van der Waals surface area contributed by atoms with Gasteiger partial charge in [0.2, 0.25) is 0 Å². The van der Waals surface area contributed by atoms with Crippen LogP contribution in [0.1, 0.15) is 21.4 Å². The second-order valence-electron chi connectivity index (χ2n) is 14.2. The van der Waals surface area contributed by atoms with Crippen LogP contribution in [0, 0.1) is 13.8 Å². The molecule has 0 aliphatic heterocycles. The van der Waals surface area contributed by atoms with Crippen molar-refractivity contribution in [2.75, 3.05) is 0 Å². The summed E-state index contributed by atoms with van der Waals surface area (Å²) in [5, 5.41) is 14.6. The molecule has 11 rings (SSSR count). The Kier molecular flexibility index (Phi) is 9.38. The normalized spacial score (nSPS) is 12.0. The highest BCUT2D eigenvalue weighted by atomic mass is 32.1. The minimum atomic E-state index is -0.253. The maximum Gasteiger partial charge on any atom is 0.292 e. The summed E-state index contributed by atoms with van der Waals surface area (Å²) in [6, 6.07) is 37.7. The molecule has 0 spiro atoms. The van der Waals surface area contributed by atoms with E-state index >= 15 is 0 Å². The van der Waals surface area contributed by atoms with E-state index in [1.165, 1.54) is 32.0 Å². The number of aryl methyl sites for hydroxylation is 2. The van der Waals surface area contributed by atoms with Crippen molar-refractivity contribution in [3.63, 3.8) is 0 Å². The fourth-order valence-corrected chi connectivity index (χ4v) is 10.8. The Morgan fingerprint density at radius 1 is 0.500 bits per heavy atom. The minimum Gasteiger partial charge on any atom is -0.266 e. The molecule has 0 saturated carbocycles. The van der Waals surface area contributed by atoms with Gasteiger partial charge in [-0.15, -0.1) is 45.3 Å². The molecule has 0 N–H and O–H groups in total. The molecule has 0 aliphatic carbocycles. The standard InChI is InChI=1S/C47H29N9O2S4/c1-26-50-40-38-32(28-12-5-3-6-13-28)22-36(53-44(38)61-42(40)46(57)55(26)48-24-30-16-10-20-59-30)34-18-9-19-35(52-34)37-23-33(29-14-7-4-8-15-29)39-41-43(62-45(39)54-37)47(58)56(27(2)51-41)49-25-31-17-11-21-60-31/h3-25H,1-2H3/b48-24+,49-25+. The lowest BCUT2D eigenvalue weighted by atomic mass is 10.0. The summed E-state index contributed by atoms with van der Waals surface area (Å²) in [7, 11) is 0. The maximum absolute atomic E-state index is 14.0. The molecule has 0 atom stereocenters. The second-order valence-corrected chi connectivity index (χ2v) is 18.2. The van der Waals surface area contributed by atoms with E-state index in [-0.39, 0.29) is 11.1 Å². The Morgan fingerprint density at radius 3 is 1.37 bits per heavy atom. The second kappa shape index (κ2) is 15.4. The Balaban J connectivity index is 1.07. The van der Waals surface area contributed by atoms with Gasteiger partial charge in [-0.2, -0.15) is 19.6 Å². The van der Waals surface area contributed by atoms with Crippen molar-refractivity contribution < 1.29 is 0 Å². The topological polar surface area (TPSA) is 133 Å². The maximum atomic E-state index is 14.0. The van der Waals surface area contributed by atoms with Crippen molar-refractivity contribution in [2.24, 2.45) is 10.2 Å². The van der Waals surface area contributed by atoms with Crippen LogP contribution in [0.2, 0.25) is 0 Å². The van der Waals surface area contributed by atoms with Gasteiger partial charge in [0.25, 0.3) is 11.1 Å². The number of hydrogen-bond donors (Lipinski definition) is 0. The van der Waals surface area contributed by atoms with Gasteiger partial charge in [-0.25, -0.2) is 24.9 Å². The van der Waals surface area contributed by atoms with Crippen LogP contribution in [-0.4, -0.2) is 46.7 Å². The summed E-state index contributed by atoms with van der Waals surface area (Å²) in [5.74, 6) is 0.953. The molecule has 298 valence electrons. The summed E-state index contributed by atoms with van der Waals surface area (Å²) in [4.78, 5) is 56.6. The van der Waals surface area contributed by atoms with Crippen LogP contribution in [0.5, 0.6) is 0 Å². The highest BCUT2D eigenvalue weighted by Gasteiger charge is 2.23. The van der Waals surface area contributed by atoms with Gasteiger partial charge in [0.05, 0.1) is 46.2 Å². The molecule has 0 radical (unpaired) electrons. The first-order chi connectivity index (χ1) is 30.4.